The van der Waals surface area contributed by atoms with Crippen molar-refractivity contribution in [2.75, 3.05) is 84.0 Å². The summed E-state index contributed by atoms with van der Waals surface area (Å²) in [6.07, 6.45) is 3.79. The molecule has 6 N–H and O–H groups in total. The van der Waals surface area contributed by atoms with Gasteiger partial charge >= 0.3 is 12.1 Å². The van der Waals surface area contributed by atoms with E-state index in [1.807, 2.05) is 55.7 Å². The maximum Gasteiger partial charge on any atom is 0.407 e. The zero-order chi connectivity index (χ0) is 62.6. The quantitative estimate of drug-likeness (QED) is 0.0242. The topological polar surface area (TPSA) is 270 Å². The minimum atomic E-state index is -1.29. The summed E-state index contributed by atoms with van der Waals surface area (Å²) >= 11 is 1.10. The van der Waals surface area contributed by atoms with E-state index < -0.39 is 88.5 Å². The number of hydrogen-bond donors (Lipinski definition) is 5. The number of nitrogens with one attached hydrogen (secondary N) is 4. The molecule has 0 saturated heterocycles. The fourth-order valence-electron chi connectivity index (χ4n) is 8.56. The second-order valence-corrected chi connectivity index (χ2v) is 24.0. The summed E-state index contributed by atoms with van der Waals surface area (Å²) in [6.45, 7) is 18.9. The summed E-state index contributed by atoms with van der Waals surface area (Å²) in [5.74, 6) is -5.13. The Morgan fingerprint density at radius 2 is 1.31 bits per heavy atom. The molecule has 24 heteroatoms. The molecular weight excluding hydrogens is 1120 g/mol. The number of benzene rings is 2. The van der Waals surface area contributed by atoms with E-state index in [0.29, 0.717) is 62.9 Å². The molecule has 4 rings (SSSR count). The van der Waals surface area contributed by atoms with Gasteiger partial charge in [0.25, 0.3) is 0 Å². The van der Waals surface area contributed by atoms with Crippen molar-refractivity contribution in [1.82, 2.24) is 35.7 Å². The monoisotopic (exact) mass is 1210 g/mol. The number of esters is 1. The molecule has 3 unspecified atom stereocenters. The second kappa shape index (κ2) is 35.5. The van der Waals surface area contributed by atoms with Gasteiger partial charge < -0.3 is 64.9 Å². The first kappa shape index (κ1) is 70.5. The Balaban J connectivity index is 1.45. The molecule has 0 saturated carbocycles. The third-order valence-electron chi connectivity index (χ3n) is 12.2. The molecule has 0 aliphatic heterocycles. The number of primary amides is 1. The van der Waals surface area contributed by atoms with Gasteiger partial charge in [-0.3, -0.25) is 29.0 Å². The van der Waals surface area contributed by atoms with Gasteiger partial charge in [0, 0.05) is 73.8 Å². The number of thioether (sulfide) groups is 1. The number of nitrogens with two attached hydrogens (primary N) is 1. The summed E-state index contributed by atoms with van der Waals surface area (Å²) in [5.41, 5.74) is 5.78. The van der Waals surface area contributed by atoms with E-state index in [2.05, 4.69) is 26.3 Å². The molecule has 21 nitrogen and oxygen atoms in total. The van der Waals surface area contributed by atoms with Gasteiger partial charge in [-0.15, -0.1) is 11.8 Å². The normalized spacial score (nSPS) is 12.8. The summed E-state index contributed by atoms with van der Waals surface area (Å²) in [6, 6.07) is 14.5. The lowest BCUT2D eigenvalue weighted by molar-refractivity contribution is -0.158. The van der Waals surface area contributed by atoms with Crippen LogP contribution >= 0.6 is 11.8 Å². The highest BCUT2D eigenvalue weighted by atomic mass is 32.2. The van der Waals surface area contributed by atoms with Crippen molar-refractivity contribution in [1.29, 1.82) is 0 Å². The highest BCUT2D eigenvalue weighted by Gasteiger charge is 2.38. The molecule has 0 bridgehead atoms. The minimum Gasteiger partial charge on any atom is -0.458 e. The van der Waals surface area contributed by atoms with Crippen LogP contribution in [0.25, 0.3) is 11.1 Å². The Morgan fingerprint density at radius 3 is 1.92 bits per heavy atom. The lowest BCUT2D eigenvalue weighted by Crippen LogP contribution is -2.49. The lowest BCUT2D eigenvalue weighted by atomic mass is 9.83. The van der Waals surface area contributed by atoms with Crippen molar-refractivity contribution in [2.24, 2.45) is 11.1 Å². The predicted octanol–water partition coefficient (Wildman–Crippen LogP) is 6.44. The number of carbonyl (C=O) groups excluding carboxylic acids is 7. The van der Waals surface area contributed by atoms with E-state index in [1.165, 1.54) is 12.4 Å². The summed E-state index contributed by atoms with van der Waals surface area (Å²) in [7, 11) is 0. The first-order valence-electron chi connectivity index (χ1n) is 28.3. The number of ether oxygens (including phenoxy) is 6. The van der Waals surface area contributed by atoms with E-state index >= 15 is 9.18 Å². The number of pyridine rings is 1. The van der Waals surface area contributed by atoms with Crippen LogP contribution in [0.4, 0.5) is 13.6 Å². The van der Waals surface area contributed by atoms with Gasteiger partial charge in [0.05, 0.1) is 77.5 Å². The molecule has 0 aliphatic carbocycles. The molecule has 0 radical (unpaired) electrons. The standard InChI is InChI=1S/C61H86F2N8O13S/c1-59(2,3)55(50-35-44(46-36-45(62)16-17-47(46)63)39-70(50)38-43-14-11-10-12-15-43)71(25-13-21-66-56(76)48(37-51(64)72)68-53(74)34-42-18-22-65-23-19-42)54(75)41-85-40-49(57(77)83-60(4,5)6)69-52(73)20-26-79-28-30-81-32-33-82-31-29-80-27-24-67-58(78)84-61(7,8)9/h10-12,14-19,22-23,35-36,39,48-49,55H,13,20-21,24-34,37-38,40-41H2,1-9H3,(H2,64,72)(H,66,76)(H,67,78)(H,68,74)(H,69,73). The molecule has 85 heavy (non-hydrogen) atoms. The zero-order valence-corrected chi connectivity index (χ0v) is 51.2. The van der Waals surface area contributed by atoms with E-state index in [4.69, 9.17) is 34.2 Å². The molecule has 468 valence electrons. The van der Waals surface area contributed by atoms with Crippen LogP contribution in [0.2, 0.25) is 0 Å². The van der Waals surface area contributed by atoms with Crippen LogP contribution in [0.3, 0.4) is 0 Å². The number of carbonyl (C=O) groups is 7. The fraction of sp³-hybridized carbons (Fsp3) is 0.541. The first-order valence-corrected chi connectivity index (χ1v) is 29.5. The molecule has 2 aromatic carbocycles. The van der Waals surface area contributed by atoms with Crippen molar-refractivity contribution >= 4 is 53.4 Å². The van der Waals surface area contributed by atoms with Crippen LogP contribution in [-0.4, -0.2) is 163 Å². The van der Waals surface area contributed by atoms with Crippen LogP contribution < -0.4 is 27.0 Å². The van der Waals surface area contributed by atoms with Crippen molar-refractivity contribution < 1.29 is 70.8 Å². The van der Waals surface area contributed by atoms with E-state index in [-0.39, 0.29) is 75.1 Å². The summed E-state index contributed by atoms with van der Waals surface area (Å²) < 4.78 is 65.2. The van der Waals surface area contributed by atoms with Crippen molar-refractivity contribution in [3.8, 4) is 11.1 Å². The van der Waals surface area contributed by atoms with Gasteiger partial charge in [-0.1, -0.05) is 51.1 Å². The number of alkyl carbamates (subject to hydrolysis) is 1. The Bertz CT molecular complexity index is 2750. The molecule has 0 aliphatic rings. The Morgan fingerprint density at radius 1 is 0.694 bits per heavy atom. The Hall–Kier alpha value is -6.99. The largest absolute Gasteiger partial charge is 0.458 e. The van der Waals surface area contributed by atoms with Crippen LogP contribution in [0.15, 0.2) is 85.3 Å². The third kappa shape index (κ3) is 27.7. The number of halogens is 2. The number of nitrogens with zero attached hydrogens (tertiary/aromatic N) is 3. The smallest absolute Gasteiger partial charge is 0.407 e. The van der Waals surface area contributed by atoms with Crippen molar-refractivity contribution in [2.45, 2.75) is 124 Å². The van der Waals surface area contributed by atoms with Crippen molar-refractivity contribution in [3.05, 3.63) is 114 Å². The molecule has 4 aromatic rings. The van der Waals surface area contributed by atoms with Crippen LogP contribution in [0.1, 0.15) is 104 Å². The van der Waals surface area contributed by atoms with Gasteiger partial charge in [0.15, 0.2) is 0 Å². The van der Waals surface area contributed by atoms with E-state index in [0.717, 1.165) is 35.5 Å². The van der Waals surface area contributed by atoms with Crippen LogP contribution in [0, 0.1) is 17.0 Å². The van der Waals surface area contributed by atoms with Gasteiger partial charge in [-0.05, 0) is 101 Å². The fourth-order valence-corrected chi connectivity index (χ4v) is 9.47. The molecule has 2 aromatic heterocycles. The Kier molecular flexibility index (Phi) is 29.4. The third-order valence-corrected chi connectivity index (χ3v) is 13.2. The first-order chi connectivity index (χ1) is 40.2. The molecule has 0 fully saturated rings. The number of amides is 6. The summed E-state index contributed by atoms with van der Waals surface area (Å²) in [5, 5.41) is 10.7. The lowest BCUT2D eigenvalue weighted by Gasteiger charge is -2.41. The average Bonchev–Trinajstić information content (AvgIpc) is 2.36. The van der Waals surface area contributed by atoms with Gasteiger partial charge in [-0.25, -0.2) is 18.4 Å². The van der Waals surface area contributed by atoms with Gasteiger partial charge in [0.2, 0.25) is 29.5 Å². The van der Waals surface area contributed by atoms with Crippen LogP contribution in [0.5, 0.6) is 0 Å². The summed E-state index contributed by atoms with van der Waals surface area (Å²) in [4.78, 5) is 98.0. The predicted molar refractivity (Wildman–Crippen MR) is 318 cm³/mol. The minimum absolute atomic E-state index is 0.0111. The molecule has 3 atom stereocenters. The number of hydrogen-bond acceptors (Lipinski definition) is 15. The number of aromatic nitrogens is 2. The van der Waals surface area contributed by atoms with E-state index in [1.54, 1.807) is 70.8 Å². The van der Waals surface area contributed by atoms with Gasteiger partial charge in [0.1, 0.15) is 34.9 Å². The highest BCUT2D eigenvalue weighted by molar-refractivity contribution is 8.00. The Labute approximate surface area is 501 Å². The molecule has 6 amide bonds. The van der Waals surface area contributed by atoms with Crippen molar-refractivity contribution in [3.63, 3.8) is 0 Å². The van der Waals surface area contributed by atoms with Crippen LogP contribution in [-0.2, 0) is 70.2 Å². The second-order valence-electron chi connectivity index (χ2n) is 23.0. The maximum atomic E-state index is 15.6. The molecular formula is C61H86F2N8O13S. The van der Waals surface area contributed by atoms with Gasteiger partial charge in [-0.2, -0.15) is 0 Å². The average molecular weight is 1210 g/mol. The zero-order valence-electron chi connectivity index (χ0n) is 50.4. The highest BCUT2D eigenvalue weighted by Crippen LogP contribution is 2.41. The SMILES string of the molecule is CC(C)(C)OC(=O)NCCOCCOCCOCCOCCC(=O)NC(CSCC(=O)N(CCCNC(=O)C(CC(N)=O)NC(=O)Cc1ccncc1)C(c1cc(-c2cc(F)ccc2F)cn1Cc1ccccc1)C(C)(C)C)C(=O)OC(C)(C)C. The van der Waals surface area contributed by atoms with E-state index in [9.17, 15) is 33.2 Å². The molecule has 2 heterocycles. The molecule has 0 spiro atoms. The number of rotatable bonds is 36. The maximum absolute atomic E-state index is 15.6.